The van der Waals surface area contributed by atoms with Crippen LogP contribution >= 0.6 is 0 Å². The van der Waals surface area contributed by atoms with E-state index >= 15 is 0 Å². The summed E-state index contributed by atoms with van der Waals surface area (Å²) >= 11 is 0. The predicted molar refractivity (Wildman–Crippen MR) is 74.0 cm³/mol. The predicted octanol–water partition coefficient (Wildman–Crippen LogP) is 3.29. The quantitative estimate of drug-likeness (QED) is 0.845. The molecule has 0 bridgehead atoms. The number of benzene rings is 2. The zero-order chi connectivity index (χ0) is 13.1. The van der Waals surface area contributed by atoms with Crippen LogP contribution in [0.4, 0.5) is 0 Å². The van der Waals surface area contributed by atoms with E-state index in [4.69, 9.17) is 14.2 Å². The second-order valence-corrected chi connectivity index (χ2v) is 4.55. The third kappa shape index (κ3) is 2.50. The van der Waals surface area contributed by atoms with E-state index in [1.165, 1.54) is 10.8 Å². The minimum atomic E-state index is -0.315. The van der Waals surface area contributed by atoms with Crippen molar-refractivity contribution in [1.82, 2.24) is 0 Å². The van der Waals surface area contributed by atoms with E-state index < -0.39 is 0 Å². The van der Waals surface area contributed by atoms with Gasteiger partial charge in [0.25, 0.3) is 0 Å². The van der Waals surface area contributed by atoms with E-state index in [1.807, 2.05) is 19.1 Å². The van der Waals surface area contributed by atoms with Crippen molar-refractivity contribution < 1.29 is 14.2 Å². The Balaban J connectivity index is 2.02. The molecule has 0 aliphatic carbocycles. The Hall–Kier alpha value is -1.42. The Kier molecular flexibility index (Phi) is 3.78. The van der Waals surface area contributed by atoms with Crippen LogP contribution in [0, 0.1) is 0 Å². The summed E-state index contributed by atoms with van der Waals surface area (Å²) in [5.74, 6) is 0. The first-order valence-electron chi connectivity index (χ1n) is 6.72. The van der Waals surface area contributed by atoms with Gasteiger partial charge in [-0.25, -0.2) is 0 Å². The third-order valence-electron chi connectivity index (χ3n) is 3.37. The average molecular weight is 258 g/mol. The molecule has 1 aliphatic rings. The summed E-state index contributed by atoms with van der Waals surface area (Å²) in [5, 5.41) is 2.41. The number of hydrogen-bond donors (Lipinski definition) is 0. The highest BCUT2D eigenvalue weighted by atomic mass is 16.7. The first-order valence-corrected chi connectivity index (χ1v) is 6.72. The zero-order valence-electron chi connectivity index (χ0n) is 11.0. The maximum Gasteiger partial charge on any atom is 0.188 e. The summed E-state index contributed by atoms with van der Waals surface area (Å²) in [7, 11) is 0. The van der Waals surface area contributed by atoms with Crippen molar-refractivity contribution in [3.05, 3.63) is 48.0 Å². The van der Waals surface area contributed by atoms with Crippen LogP contribution in [0.1, 0.15) is 18.6 Å². The van der Waals surface area contributed by atoms with E-state index in [-0.39, 0.29) is 12.4 Å². The average Bonchev–Trinajstić information content (AvgIpc) is 2.48. The van der Waals surface area contributed by atoms with Crippen molar-refractivity contribution in [3.8, 4) is 0 Å². The van der Waals surface area contributed by atoms with Gasteiger partial charge in [0, 0.05) is 6.61 Å². The fourth-order valence-corrected chi connectivity index (χ4v) is 2.54. The van der Waals surface area contributed by atoms with Gasteiger partial charge in [0.15, 0.2) is 6.29 Å². The van der Waals surface area contributed by atoms with Crippen LogP contribution in [-0.4, -0.2) is 26.1 Å². The van der Waals surface area contributed by atoms with Crippen molar-refractivity contribution >= 4 is 10.8 Å². The molecule has 100 valence electrons. The molecular weight excluding hydrogens is 240 g/mol. The summed E-state index contributed by atoms with van der Waals surface area (Å²) in [5.41, 5.74) is 1.14. The van der Waals surface area contributed by atoms with Gasteiger partial charge in [-0.15, -0.1) is 0 Å². The Labute approximate surface area is 113 Å². The van der Waals surface area contributed by atoms with Crippen molar-refractivity contribution in [3.63, 3.8) is 0 Å². The molecule has 3 heteroatoms. The fraction of sp³-hybridized carbons (Fsp3) is 0.375. The molecule has 0 spiro atoms. The number of hydrogen-bond acceptors (Lipinski definition) is 3. The monoisotopic (exact) mass is 258 g/mol. The van der Waals surface area contributed by atoms with Crippen LogP contribution in [0.3, 0.4) is 0 Å². The molecule has 0 radical (unpaired) electrons. The van der Waals surface area contributed by atoms with Gasteiger partial charge in [-0.2, -0.15) is 0 Å². The lowest BCUT2D eigenvalue weighted by Crippen LogP contribution is -2.34. The van der Waals surface area contributed by atoms with Crippen LogP contribution in [0.15, 0.2) is 42.5 Å². The van der Waals surface area contributed by atoms with Crippen molar-refractivity contribution in [2.24, 2.45) is 0 Å². The van der Waals surface area contributed by atoms with Crippen LogP contribution in [0.25, 0.3) is 10.8 Å². The van der Waals surface area contributed by atoms with E-state index in [2.05, 4.69) is 30.3 Å². The Morgan fingerprint density at radius 2 is 1.84 bits per heavy atom. The van der Waals surface area contributed by atoms with Gasteiger partial charge in [-0.3, -0.25) is 0 Å². The minimum absolute atomic E-state index is 0.153. The van der Waals surface area contributed by atoms with Crippen LogP contribution in [-0.2, 0) is 14.2 Å². The molecular formula is C16H18O3. The van der Waals surface area contributed by atoms with Gasteiger partial charge in [-0.05, 0) is 23.3 Å². The third-order valence-corrected chi connectivity index (χ3v) is 3.37. The molecule has 0 aromatic heterocycles. The van der Waals surface area contributed by atoms with Gasteiger partial charge < -0.3 is 14.2 Å². The van der Waals surface area contributed by atoms with E-state index in [1.54, 1.807) is 0 Å². The zero-order valence-corrected chi connectivity index (χ0v) is 11.0. The molecule has 1 heterocycles. The first-order chi connectivity index (χ1) is 9.40. The van der Waals surface area contributed by atoms with E-state index in [9.17, 15) is 0 Å². The number of ether oxygens (including phenoxy) is 3. The highest BCUT2D eigenvalue weighted by Gasteiger charge is 2.29. The summed E-state index contributed by atoms with van der Waals surface area (Å²) in [6.07, 6.45) is -0.468. The maximum absolute atomic E-state index is 5.89. The van der Waals surface area contributed by atoms with Crippen LogP contribution in [0.2, 0.25) is 0 Å². The van der Waals surface area contributed by atoms with E-state index in [0.717, 1.165) is 5.56 Å². The SMILES string of the molecule is CCOC1OCCOC1c1cccc2ccccc12. The molecule has 1 saturated heterocycles. The molecule has 2 unspecified atom stereocenters. The van der Waals surface area contributed by atoms with Gasteiger partial charge in [-0.1, -0.05) is 42.5 Å². The molecule has 2 aromatic carbocycles. The smallest absolute Gasteiger partial charge is 0.188 e. The fourth-order valence-electron chi connectivity index (χ4n) is 2.54. The lowest BCUT2D eigenvalue weighted by atomic mass is 9.99. The number of rotatable bonds is 3. The van der Waals surface area contributed by atoms with Gasteiger partial charge in [0.1, 0.15) is 6.10 Å². The first kappa shape index (κ1) is 12.6. The molecule has 2 atom stereocenters. The topological polar surface area (TPSA) is 27.7 Å². The molecule has 0 N–H and O–H groups in total. The van der Waals surface area contributed by atoms with Crippen molar-refractivity contribution in [2.45, 2.75) is 19.3 Å². The van der Waals surface area contributed by atoms with Gasteiger partial charge in [0.05, 0.1) is 13.2 Å². The highest BCUT2D eigenvalue weighted by molar-refractivity contribution is 5.86. The Bertz CT molecular complexity index is 545. The lowest BCUT2D eigenvalue weighted by molar-refractivity contribution is -0.249. The van der Waals surface area contributed by atoms with Crippen LogP contribution < -0.4 is 0 Å². The molecule has 2 aromatic rings. The summed E-state index contributed by atoms with van der Waals surface area (Å²) in [6.45, 7) is 3.79. The van der Waals surface area contributed by atoms with Gasteiger partial charge >= 0.3 is 0 Å². The molecule has 0 saturated carbocycles. The Morgan fingerprint density at radius 3 is 2.74 bits per heavy atom. The largest absolute Gasteiger partial charge is 0.366 e. The molecule has 1 fully saturated rings. The molecule has 1 aliphatic heterocycles. The normalized spacial score (nSPS) is 23.6. The molecule has 0 amide bonds. The summed E-state index contributed by atoms with van der Waals surface area (Å²) in [4.78, 5) is 0. The van der Waals surface area contributed by atoms with E-state index in [0.29, 0.717) is 19.8 Å². The number of fused-ring (bicyclic) bond motifs is 1. The highest BCUT2D eigenvalue weighted by Crippen LogP contribution is 2.32. The lowest BCUT2D eigenvalue weighted by Gasteiger charge is -2.32. The second-order valence-electron chi connectivity index (χ2n) is 4.55. The van der Waals surface area contributed by atoms with Crippen LogP contribution in [0.5, 0.6) is 0 Å². The molecule has 3 rings (SSSR count). The second kappa shape index (κ2) is 5.70. The maximum atomic E-state index is 5.89. The summed E-state index contributed by atoms with van der Waals surface area (Å²) in [6, 6.07) is 14.6. The van der Waals surface area contributed by atoms with Crippen molar-refractivity contribution in [2.75, 3.05) is 19.8 Å². The molecule has 19 heavy (non-hydrogen) atoms. The summed E-state index contributed by atoms with van der Waals surface area (Å²) < 4.78 is 17.2. The van der Waals surface area contributed by atoms with Gasteiger partial charge in [0.2, 0.25) is 0 Å². The Morgan fingerprint density at radius 1 is 1.05 bits per heavy atom. The standard InChI is InChI=1S/C16H18O3/c1-2-17-16-15(18-10-11-19-16)14-9-5-7-12-6-3-4-8-13(12)14/h3-9,15-16H,2,10-11H2,1H3. The molecule has 3 nitrogen and oxygen atoms in total. The van der Waals surface area contributed by atoms with Crippen molar-refractivity contribution in [1.29, 1.82) is 0 Å². The minimum Gasteiger partial charge on any atom is -0.366 e.